The molecule has 0 atom stereocenters. The van der Waals surface area contributed by atoms with Crippen LogP contribution in [0.2, 0.25) is 0 Å². The van der Waals surface area contributed by atoms with Crippen LogP contribution in [0.25, 0.3) is 0 Å². The number of aryl methyl sites for hydroxylation is 1. The number of ether oxygens (including phenoxy) is 1. The molecule has 0 saturated heterocycles. The van der Waals surface area contributed by atoms with E-state index in [0.29, 0.717) is 24.5 Å². The van der Waals surface area contributed by atoms with E-state index >= 15 is 0 Å². The smallest absolute Gasteiger partial charge is 0.226 e. The highest BCUT2D eigenvalue weighted by atomic mass is 16.5. The minimum absolute atomic E-state index is 0.495. The Hall–Kier alpha value is -1.36. The van der Waals surface area contributed by atoms with Gasteiger partial charge in [0.25, 0.3) is 0 Å². The molecule has 0 aromatic carbocycles. The van der Waals surface area contributed by atoms with Gasteiger partial charge in [-0.05, 0) is 13.8 Å². The monoisotopic (exact) mass is 238 g/mol. The Labute approximate surface area is 103 Å². The first kappa shape index (κ1) is 13.7. The lowest BCUT2D eigenvalue weighted by Crippen LogP contribution is -2.28. The van der Waals surface area contributed by atoms with E-state index < -0.39 is 0 Å². The maximum absolute atomic E-state index is 5.37. The third-order valence-electron chi connectivity index (χ3n) is 2.08. The van der Waals surface area contributed by atoms with Gasteiger partial charge < -0.3 is 15.4 Å². The minimum atomic E-state index is 0.495. The number of nitrogens with one attached hydrogen (secondary N) is 2. The molecule has 0 spiro atoms. The molecule has 2 N–H and O–H groups in total. The van der Waals surface area contributed by atoms with Crippen LogP contribution in [0, 0.1) is 6.92 Å². The Morgan fingerprint density at radius 2 is 2.06 bits per heavy atom. The van der Waals surface area contributed by atoms with Gasteiger partial charge in [-0.15, -0.1) is 0 Å². The van der Waals surface area contributed by atoms with Crippen molar-refractivity contribution in [1.29, 1.82) is 0 Å². The highest BCUT2D eigenvalue weighted by molar-refractivity contribution is 5.30. The van der Waals surface area contributed by atoms with Gasteiger partial charge >= 0.3 is 0 Å². The average Bonchev–Trinajstić information content (AvgIpc) is 2.24. The van der Waals surface area contributed by atoms with Crippen LogP contribution in [0.4, 0.5) is 5.95 Å². The Kier molecular flexibility index (Phi) is 5.69. The Morgan fingerprint density at radius 3 is 2.71 bits per heavy atom. The second-order valence-corrected chi connectivity index (χ2v) is 4.14. The molecule has 0 aliphatic rings. The molecular formula is C12H22N4O. The van der Waals surface area contributed by atoms with Crippen LogP contribution in [-0.4, -0.2) is 35.7 Å². The quantitative estimate of drug-likeness (QED) is 0.706. The van der Waals surface area contributed by atoms with Gasteiger partial charge in [-0.2, -0.15) is 4.98 Å². The largest absolute Gasteiger partial charge is 0.478 e. The first-order chi connectivity index (χ1) is 8.11. The highest BCUT2D eigenvalue weighted by Crippen LogP contribution is 2.11. The van der Waals surface area contributed by atoms with Gasteiger partial charge in [-0.3, -0.25) is 0 Å². The maximum Gasteiger partial charge on any atom is 0.226 e. The van der Waals surface area contributed by atoms with Crippen molar-refractivity contribution >= 4 is 5.95 Å². The van der Waals surface area contributed by atoms with Gasteiger partial charge in [0.1, 0.15) is 0 Å². The molecule has 0 unspecified atom stereocenters. The molecule has 1 aromatic rings. The summed E-state index contributed by atoms with van der Waals surface area (Å²) in [5.74, 6) is 1.25. The van der Waals surface area contributed by atoms with Crippen LogP contribution < -0.4 is 15.4 Å². The fourth-order valence-corrected chi connectivity index (χ4v) is 1.38. The van der Waals surface area contributed by atoms with Crippen molar-refractivity contribution in [2.75, 3.05) is 25.0 Å². The van der Waals surface area contributed by atoms with Crippen molar-refractivity contribution in [2.45, 2.75) is 33.7 Å². The average molecular weight is 238 g/mol. The second-order valence-electron chi connectivity index (χ2n) is 4.14. The number of anilines is 1. The summed E-state index contributed by atoms with van der Waals surface area (Å²) in [6.45, 7) is 10.4. The summed E-state index contributed by atoms with van der Waals surface area (Å²) in [7, 11) is 0. The van der Waals surface area contributed by atoms with Crippen molar-refractivity contribution in [2.24, 2.45) is 0 Å². The summed E-state index contributed by atoms with van der Waals surface area (Å²) in [5, 5.41) is 6.50. The van der Waals surface area contributed by atoms with E-state index in [1.54, 1.807) is 0 Å². The Morgan fingerprint density at radius 1 is 1.29 bits per heavy atom. The predicted octanol–water partition coefficient (Wildman–Crippen LogP) is 1.59. The topological polar surface area (TPSA) is 59.1 Å². The van der Waals surface area contributed by atoms with Crippen LogP contribution in [0.1, 0.15) is 26.5 Å². The van der Waals surface area contributed by atoms with E-state index in [1.165, 1.54) is 0 Å². The number of hydrogen-bond acceptors (Lipinski definition) is 5. The highest BCUT2D eigenvalue weighted by Gasteiger charge is 2.02. The third-order valence-corrected chi connectivity index (χ3v) is 2.08. The van der Waals surface area contributed by atoms with Crippen molar-refractivity contribution in [3.8, 4) is 5.88 Å². The normalized spacial score (nSPS) is 10.6. The van der Waals surface area contributed by atoms with E-state index in [4.69, 9.17) is 4.74 Å². The second kappa shape index (κ2) is 7.06. The molecule has 17 heavy (non-hydrogen) atoms. The van der Waals surface area contributed by atoms with E-state index in [-0.39, 0.29) is 0 Å². The summed E-state index contributed by atoms with van der Waals surface area (Å²) >= 11 is 0. The summed E-state index contributed by atoms with van der Waals surface area (Å²) in [4.78, 5) is 8.57. The molecule has 1 rings (SSSR count). The fourth-order valence-electron chi connectivity index (χ4n) is 1.38. The number of hydrogen-bond donors (Lipinski definition) is 2. The molecule has 0 fully saturated rings. The molecule has 5 nitrogen and oxygen atoms in total. The lowest BCUT2D eigenvalue weighted by atomic mass is 10.4. The molecule has 0 radical (unpaired) electrons. The van der Waals surface area contributed by atoms with E-state index in [9.17, 15) is 0 Å². The molecule has 96 valence electrons. The van der Waals surface area contributed by atoms with Gasteiger partial charge in [0, 0.05) is 30.9 Å². The third kappa shape index (κ3) is 5.49. The van der Waals surface area contributed by atoms with Crippen molar-refractivity contribution in [3.05, 3.63) is 11.8 Å². The summed E-state index contributed by atoms with van der Waals surface area (Å²) in [6, 6.07) is 2.33. The SMILES string of the molecule is CCOc1cc(C)nc(NCCNC(C)C)n1. The lowest BCUT2D eigenvalue weighted by Gasteiger charge is -2.10. The molecular weight excluding hydrogens is 216 g/mol. The Bertz CT molecular complexity index is 341. The molecule has 0 saturated carbocycles. The summed E-state index contributed by atoms with van der Waals surface area (Å²) in [6.07, 6.45) is 0. The van der Waals surface area contributed by atoms with E-state index in [0.717, 1.165) is 18.8 Å². The van der Waals surface area contributed by atoms with Crippen molar-refractivity contribution in [3.63, 3.8) is 0 Å². The van der Waals surface area contributed by atoms with Gasteiger partial charge in [0.15, 0.2) is 0 Å². The van der Waals surface area contributed by atoms with Crippen LogP contribution in [0.15, 0.2) is 6.07 Å². The minimum Gasteiger partial charge on any atom is -0.478 e. The number of aromatic nitrogens is 2. The maximum atomic E-state index is 5.37. The molecule has 5 heteroatoms. The Balaban J connectivity index is 2.46. The summed E-state index contributed by atoms with van der Waals surface area (Å²) < 4.78 is 5.37. The molecule has 0 aliphatic carbocycles. The molecule has 0 amide bonds. The van der Waals surface area contributed by atoms with Crippen LogP contribution >= 0.6 is 0 Å². The molecule has 0 bridgehead atoms. The zero-order valence-electron chi connectivity index (χ0n) is 11.1. The zero-order valence-corrected chi connectivity index (χ0v) is 11.1. The molecule has 1 aromatic heterocycles. The van der Waals surface area contributed by atoms with Crippen molar-refractivity contribution < 1.29 is 4.74 Å². The predicted molar refractivity (Wildman–Crippen MR) is 69.6 cm³/mol. The van der Waals surface area contributed by atoms with Gasteiger partial charge in [0.2, 0.25) is 11.8 Å². The van der Waals surface area contributed by atoms with E-state index in [2.05, 4.69) is 34.4 Å². The van der Waals surface area contributed by atoms with Crippen LogP contribution in [-0.2, 0) is 0 Å². The lowest BCUT2D eigenvalue weighted by molar-refractivity contribution is 0.326. The molecule has 1 heterocycles. The van der Waals surface area contributed by atoms with Crippen LogP contribution in [0.3, 0.4) is 0 Å². The number of rotatable bonds is 7. The van der Waals surface area contributed by atoms with Gasteiger partial charge in [0.05, 0.1) is 6.61 Å². The van der Waals surface area contributed by atoms with Crippen LogP contribution in [0.5, 0.6) is 5.88 Å². The number of nitrogens with zero attached hydrogens (tertiary/aromatic N) is 2. The first-order valence-corrected chi connectivity index (χ1v) is 6.07. The van der Waals surface area contributed by atoms with Gasteiger partial charge in [-0.25, -0.2) is 4.98 Å². The van der Waals surface area contributed by atoms with E-state index in [1.807, 2.05) is 19.9 Å². The standard InChI is InChI=1S/C12H22N4O/c1-5-17-11-8-10(4)15-12(16-11)14-7-6-13-9(2)3/h8-9,13H,5-7H2,1-4H3,(H,14,15,16). The molecule has 0 aliphatic heterocycles. The zero-order chi connectivity index (χ0) is 12.7. The van der Waals surface area contributed by atoms with Crippen molar-refractivity contribution in [1.82, 2.24) is 15.3 Å². The summed E-state index contributed by atoms with van der Waals surface area (Å²) in [5.41, 5.74) is 0.905. The van der Waals surface area contributed by atoms with Gasteiger partial charge in [-0.1, -0.05) is 13.8 Å². The fraction of sp³-hybridized carbons (Fsp3) is 0.667. The first-order valence-electron chi connectivity index (χ1n) is 6.07.